The van der Waals surface area contributed by atoms with Gasteiger partial charge in [0.15, 0.2) is 0 Å². The van der Waals surface area contributed by atoms with Gasteiger partial charge >= 0.3 is 0 Å². The highest BCUT2D eigenvalue weighted by atomic mass is 79.9. The van der Waals surface area contributed by atoms with Gasteiger partial charge in [-0.3, -0.25) is 0 Å². The lowest BCUT2D eigenvalue weighted by Crippen LogP contribution is -2.28. The van der Waals surface area contributed by atoms with E-state index in [0.29, 0.717) is 0 Å². The SMILES string of the molecule is OC1CCCC1Nc1cc(Br)ccc1Br. The molecule has 82 valence electrons. The van der Waals surface area contributed by atoms with Gasteiger partial charge in [-0.15, -0.1) is 0 Å². The van der Waals surface area contributed by atoms with Gasteiger partial charge in [0.25, 0.3) is 0 Å². The number of halogens is 2. The average Bonchev–Trinajstić information content (AvgIpc) is 2.58. The fourth-order valence-corrected chi connectivity index (χ4v) is 2.64. The molecule has 1 saturated carbocycles. The third-order valence-corrected chi connectivity index (χ3v) is 3.93. The summed E-state index contributed by atoms with van der Waals surface area (Å²) in [5.74, 6) is 0. The summed E-state index contributed by atoms with van der Waals surface area (Å²) in [6.07, 6.45) is 2.84. The molecule has 1 fully saturated rings. The van der Waals surface area contributed by atoms with E-state index >= 15 is 0 Å². The van der Waals surface area contributed by atoms with E-state index in [1.165, 1.54) is 0 Å². The molecule has 15 heavy (non-hydrogen) atoms. The van der Waals surface area contributed by atoms with Crippen molar-refractivity contribution < 1.29 is 5.11 Å². The molecule has 1 aromatic rings. The van der Waals surface area contributed by atoms with Crippen molar-refractivity contribution in [1.82, 2.24) is 0 Å². The van der Waals surface area contributed by atoms with Crippen LogP contribution in [0.1, 0.15) is 19.3 Å². The van der Waals surface area contributed by atoms with E-state index in [1.807, 2.05) is 18.2 Å². The van der Waals surface area contributed by atoms with Crippen LogP contribution >= 0.6 is 31.9 Å². The Morgan fingerprint density at radius 2 is 2.07 bits per heavy atom. The van der Waals surface area contributed by atoms with Gasteiger partial charge in [0.2, 0.25) is 0 Å². The summed E-state index contributed by atoms with van der Waals surface area (Å²) < 4.78 is 2.07. The Kier molecular flexibility index (Phi) is 3.69. The summed E-state index contributed by atoms with van der Waals surface area (Å²) in [5, 5.41) is 13.1. The Hall–Kier alpha value is -0.0600. The number of aliphatic hydroxyl groups is 1. The molecule has 0 spiro atoms. The number of hydrogen-bond acceptors (Lipinski definition) is 2. The first-order chi connectivity index (χ1) is 7.16. The van der Waals surface area contributed by atoms with Gasteiger partial charge in [-0.1, -0.05) is 15.9 Å². The third-order valence-electron chi connectivity index (χ3n) is 2.75. The van der Waals surface area contributed by atoms with E-state index in [9.17, 15) is 5.11 Å². The quantitative estimate of drug-likeness (QED) is 0.867. The molecule has 0 amide bonds. The van der Waals surface area contributed by atoms with Crippen molar-refractivity contribution in [1.29, 1.82) is 0 Å². The second-order valence-corrected chi connectivity index (χ2v) is 5.64. The number of nitrogens with one attached hydrogen (secondary N) is 1. The maximum absolute atomic E-state index is 9.72. The molecule has 1 aliphatic carbocycles. The highest BCUT2D eigenvalue weighted by Gasteiger charge is 2.25. The fourth-order valence-electron chi connectivity index (χ4n) is 1.92. The van der Waals surface area contributed by atoms with Gasteiger partial charge in [-0.05, 0) is 53.4 Å². The van der Waals surface area contributed by atoms with Gasteiger partial charge in [0, 0.05) is 14.6 Å². The Balaban J connectivity index is 2.12. The molecule has 2 N–H and O–H groups in total. The van der Waals surface area contributed by atoms with Crippen LogP contribution in [0, 0.1) is 0 Å². The first-order valence-corrected chi connectivity index (χ1v) is 6.65. The molecule has 0 aliphatic heterocycles. The maximum atomic E-state index is 9.72. The standard InChI is InChI=1S/C11H13Br2NO/c12-7-4-5-8(13)10(6-7)14-9-2-1-3-11(9)15/h4-6,9,11,14-15H,1-3H2. The van der Waals surface area contributed by atoms with Crippen molar-refractivity contribution in [3.63, 3.8) is 0 Å². The predicted octanol–water partition coefficient (Wildman–Crippen LogP) is 3.54. The zero-order chi connectivity index (χ0) is 10.8. The topological polar surface area (TPSA) is 32.3 Å². The van der Waals surface area contributed by atoms with Crippen molar-refractivity contribution in [2.24, 2.45) is 0 Å². The summed E-state index contributed by atoms with van der Waals surface area (Å²) in [4.78, 5) is 0. The normalized spacial score (nSPS) is 25.5. The van der Waals surface area contributed by atoms with Crippen molar-refractivity contribution in [3.8, 4) is 0 Å². The number of aliphatic hydroxyl groups excluding tert-OH is 1. The fraction of sp³-hybridized carbons (Fsp3) is 0.455. The molecule has 1 aromatic carbocycles. The second kappa shape index (κ2) is 4.85. The first kappa shape index (κ1) is 11.4. The van der Waals surface area contributed by atoms with Crippen LogP contribution in [-0.2, 0) is 0 Å². The molecule has 2 unspecified atom stereocenters. The van der Waals surface area contributed by atoms with Crippen LogP contribution in [0.5, 0.6) is 0 Å². The molecule has 0 saturated heterocycles. The van der Waals surface area contributed by atoms with Crippen LogP contribution in [0.4, 0.5) is 5.69 Å². The van der Waals surface area contributed by atoms with E-state index in [-0.39, 0.29) is 12.1 Å². The summed E-state index contributed by atoms with van der Waals surface area (Å²) >= 11 is 6.93. The lowest BCUT2D eigenvalue weighted by molar-refractivity contribution is 0.172. The highest BCUT2D eigenvalue weighted by molar-refractivity contribution is 9.11. The maximum Gasteiger partial charge on any atom is 0.0741 e. The van der Waals surface area contributed by atoms with Crippen molar-refractivity contribution in [3.05, 3.63) is 27.1 Å². The molecule has 2 atom stereocenters. The van der Waals surface area contributed by atoms with Gasteiger partial charge in [0.1, 0.15) is 0 Å². The van der Waals surface area contributed by atoms with Crippen LogP contribution in [0.15, 0.2) is 27.1 Å². The summed E-state index contributed by atoms with van der Waals surface area (Å²) in [6, 6.07) is 6.19. The van der Waals surface area contributed by atoms with E-state index in [1.54, 1.807) is 0 Å². The lowest BCUT2D eigenvalue weighted by Gasteiger charge is -2.18. The molecule has 0 bridgehead atoms. The van der Waals surface area contributed by atoms with E-state index < -0.39 is 0 Å². The minimum absolute atomic E-state index is 0.190. The molecule has 1 aliphatic rings. The van der Waals surface area contributed by atoms with E-state index in [0.717, 1.165) is 33.9 Å². The largest absolute Gasteiger partial charge is 0.391 e. The molecule has 0 heterocycles. The Labute approximate surface area is 106 Å². The van der Waals surface area contributed by atoms with Gasteiger partial charge < -0.3 is 10.4 Å². The lowest BCUT2D eigenvalue weighted by atomic mass is 10.2. The van der Waals surface area contributed by atoms with Crippen LogP contribution < -0.4 is 5.32 Å². The number of benzene rings is 1. The number of hydrogen-bond donors (Lipinski definition) is 2. The average molecular weight is 335 g/mol. The zero-order valence-corrected chi connectivity index (χ0v) is 11.4. The molecule has 4 heteroatoms. The van der Waals surface area contributed by atoms with E-state index in [4.69, 9.17) is 0 Å². The van der Waals surface area contributed by atoms with Gasteiger partial charge in [0.05, 0.1) is 12.1 Å². The zero-order valence-electron chi connectivity index (χ0n) is 8.21. The monoisotopic (exact) mass is 333 g/mol. The molecular weight excluding hydrogens is 322 g/mol. The van der Waals surface area contributed by atoms with Crippen LogP contribution in [0.2, 0.25) is 0 Å². The van der Waals surface area contributed by atoms with Crippen molar-refractivity contribution in [2.45, 2.75) is 31.4 Å². The van der Waals surface area contributed by atoms with E-state index in [2.05, 4.69) is 37.2 Å². The molecule has 2 rings (SSSR count). The van der Waals surface area contributed by atoms with Crippen LogP contribution in [0.3, 0.4) is 0 Å². The Morgan fingerprint density at radius 3 is 2.73 bits per heavy atom. The van der Waals surface area contributed by atoms with Crippen LogP contribution in [-0.4, -0.2) is 17.3 Å². The molecule has 2 nitrogen and oxygen atoms in total. The minimum atomic E-state index is -0.212. The molecular formula is C11H13Br2NO. The predicted molar refractivity (Wildman–Crippen MR) is 69.1 cm³/mol. The smallest absolute Gasteiger partial charge is 0.0741 e. The first-order valence-electron chi connectivity index (χ1n) is 5.06. The van der Waals surface area contributed by atoms with Crippen LogP contribution in [0.25, 0.3) is 0 Å². The third kappa shape index (κ3) is 2.74. The Morgan fingerprint density at radius 1 is 1.27 bits per heavy atom. The van der Waals surface area contributed by atoms with Gasteiger partial charge in [-0.2, -0.15) is 0 Å². The molecule has 0 aromatic heterocycles. The summed E-state index contributed by atoms with van der Waals surface area (Å²) in [6.45, 7) is 0. The highest BCUT2D eigenvalue weighted by Crippen LogP contribution is 2.30. The van der Waals surface area contributed by atoms with Gasteiger partial charge in [-0.25, -0.2) is 0 Å². The number of anilines is 1. The van der Waals surface area contributed by atoms with Crippen molar-refractivity contribution >= 4 is 37.5 Å². The molecule has 0 radical (unpaired) electrons. The Bertz CT molecular complexity index is 356. The summed E-state index contributed by atoms with van der Waals surface area (Å²) in [7, 11) is 0. The summed E-state index contributed by atoms with van der Waals surface area (Å²) in [5.41, 5.74) is 1.04. The van der Waals surface area contributed by atoms with Crippen molar-refractivity contribution in [2.75, 3.05) is 5.32 Å². The minimum Gasteiger partial charge on any atom is -0.391 e. The number of rotatable bonds is 2. The second-order valence-electron chi connectivity index (χ2n) is 3.87.